The number of aromatic nitrogens is 2. The molecule has 2 heterocycles. The van der Waals surface area contributed by atoms with Crippen molar-refractivity contribution >= 4 is 39.6 Å². The number of amides is 2. The first kappa shape index (κ1) is 12.4. The zero-order valence-corrected chi connectivity index (χ0v) is 11.2. The Balaban J connectivity index is 1.51. The Kier molecular flexibility index (Phi) is 2.75. The van der Waals surface area contributed by atoms with Gasteiger partial charge >= 0.3 is 6.03 Å². The normalized spacial score (nSPS) is 10.9. The number of nitrogens with zero attached hydrogens (tertiary/aromatic N) is 2. The Morgan fingerprint density at radius 3 is 1.82 bits per heavy atom. The van der Waals surface area contributed by atoms with Crippen molar-refractivity contribution in [3.8, 4) is 0 Å². The first-order valence-electron chi connectivity index (χ1n) is 6.52. The molecule has 7 nitrogen and oxygen atoms in total. The summed E-state index contributed by atoms with van der Waals surface area (Å²) in [5.74, 6) is 0. The second-order valence-corrected chi connectivity index (χ2v) is 4.65. The number of hydrogen-bond donors (Lipinski definition) is 2. The average Bonchev–Trinajstić information content (AvgIpc) is 3.14. The van der Waals surface area contributed by atoms with Gasteiger partial charge in [0.2, 0.25) is 0 Å². The lowest BCUT2D eigenvalue weighted by Crippen LogP contribution is -2.19. The van der Waals surface area contributed by atoms with Crippen molar-refractivity contribution in [2.24, 2.45) is 0 Å². The maximum absolute atomic E-state index is 12.0. The summed E-state index contributed by atoms with van der Waals surface area (Å²) in [7, 11) is 0. The zero-order valence-electron chi connectivity index (χ0n) is 11.2. The lowest BCUT2D eigenvalue weighted by Gasteiger charge is -2.07. The highest BCUT2D eigenvalue weighted by molar-refractivity contribution is 6.01. The van der Waals surface area contributed by atoms with Crippen LogP contribution in [0.5, 0.6) is 0 Å². The van der Waals surface area contributed by atoms with E-state index < -0.39 is 0 Å². The van der Waals surface area contributed by atoms with Crippen LogP contribution in [0.25, 0.3) is 22.2 Å². The van der Waals surface area contributed by atoms with Crippen LogP contribution < -0.4 is 10.6 Å². The number of rotatable bonds is 2. The van der Waals surface area contributed by atoms with Crippen LogP contribution in [-0.2, 0) is 0 Å². The molecule has 4 aromatic rings. The maximum Gasteiger partial charge on any atom is 0.323 e. The number of anilines is 2. The summed E-state index contributed by atoms with van der Waals surface area (Å²) >= 11 is 0. The van der Waals surface area contributed by atoms with Gasteiger partial charge < -0.3 is 19.5 Å². The molecule has 2 N–H and O–H groups in total. The summed E-state index contributed by atoms with van der Waals surface area (Å²) in [6, 6.07) is 10.1. The number of benzene rings is 2. The average molecular weight is 294 g/mol. The first-order valence-corrected chi connectivity index (χ1v) is 6.52. The Hall–Kier alpha value is -3.35. The number of carbonyl (C=O) groups excluding carboxylic acids is 1. The Morgan fingerprint density at radius 2 is 1.32 bits per heavy atom. The van der Waals surface area contributed by atoms with Crippen LogP contribution in [0.2, 0.25) is 0 Å². The first-order chi connectivity index (χ1) is 10.8. The quantitative estimate of drug-likeness (QED) is 0.589. The van der Waals surface area contributed by atoms with Crippen molar-refractivity contribution in [2.45, 2.75) is 0 Å². The van der Waals surface area contributed by atoms with Crippen molar-refractivity contribution in [3.63, 3.8) is 0 Å². The lowest BCUT2D eigenvalue weighted by molar-refractivity contribution is 0.262. The van der Waals surface area contributed by atoms with Gasteiger partial charge in [0.25, 0.3) is 0 Å². The largest absolute Gasteiger partial charge is 0.443 e. The highest BCUT2D eigenvalue weighted by Gasteiger charge is 2.06. The second kappa shape index (κ2) is 4.88. The van der Waals surface area contributed by atoms with Gasteiger partial charge in [-0.05, 0) is 24.3 Å². The van der Waals surface area contributed by atoms with E-state index in [1.807, 2.05) is 0 Å². The molecule has 0 atom stereocenters. The summed E-state index contributed by atoms with van der Waals surface area (Å²) in [5, 5.41) is 5.46. The van der Waals surface area contributed by atoms with E-state index in [1.54, 1.807) is 36.4 Å². The molecule has 2 aromatic carbocycles. The van der Waals surface area contributed by atoms with Crippen molar-refractivity contribution in [3.05, 3.63) is 49.2 Å². The fourth-order valence-electron chi connectivity index (χ4n) is 2.16. The van der Waals surface area contributed by atoms with Gasteiger partial charge in [0.05, 0.1) is 0 Å². The molecule has 0 radical (unpaired) electrons. The van der Waals surface area contributed by atoms with Crippen LogP contribution in [0.15, 0.2) is 58.0 Å². The van der Waals surface area contributed by atoms with E-state index in [1.165, 1.54) is 12.8 Å². The van der Waals surface area contributed by atoms with Gasteiger partial charge in [-0.25, -0.2) is 14.8 Å². The maximum atomic E-state index is 12.0. The van der Waals surface area contributed by atoms with E-state index in [9.17, 15) is 4.79 Å². The highest BCUT2D eigenvalue weighted by atomic mass is 16.3. The number of nitrogens with one attached hydrogen (secondary N) is 2. The zero-order chi connectivity index (χ0) is 14.9. The van der Waals surface area contributed by atoms with Gasteiger partial charge in [-0.2, -0.15) is 0 Å². The number of hydrogen-bond acceptors (Lipinski definition) is 5. The molecule has 0 aliphatic rings. The fourth-order valence-corrected chi connectivity index (χ4v) is 2.16. The lowest BCUT2D eigenvalue weighted by atomic mass is 10.3. The highest BCUT2D eigenvalue weighted by Crippen LogP contribution is 2.20. The van der Waals surface area contributed by atoms with E-state index in [-0.39, 0.29) is 6.03 Å². The Labute approximate surface area is 124 Å². The van der Waals surface area contributed by atoms with E-state index in [2.05, 4.69) is 20.6 Å². The number of fused-ring (bicyclic) bond motifs is 2. The summed E-state index contributed by atoms with van der Waals surface area (Å²) in [6.07, 6.45) is 2.72. The second-order valence-electron chi connectivity index (χ2n) is 4.65. The topological polar surface area (TPSA) is 93.2 Å². The standard InChI is InChI=1S/C15H10N4O3/c20-15(18-9-1-3-11-13(5-9)21-7-16-11)19-10-2-4-12-14(6-10)22-8-17-12/h1-8H,(H2,18,19,20). The summed E-state index contributed by atoms with van der Waals surface area (Å²) in [4.78, 5) is 20.1. The summed E-state index contributed by atoms with van der Waals surface area (Å²) < 4.78 is 10.4. The molecular formula is C15H10N4O3. The van der Waals surface area contributed by atoms with E-state index in [0.717, 1.165) is 11.0 Å². The summed E-state index contributed by atoms with van der Waals surface area (Å²) in [5.41, 5.74) is 3.93. The third kappa shape index (κ3) is 2.24. The van der Waals surface area contributed by atoms with Crippen molar-refractivity contribution in [1.29, 1.82) is 0 Å². The predicted molar refractivity (Wildman–Crippen MR) is 80.7 cm³/mol. The molecule has 7 heteroatoms. The molecular weight excluding hydrogens is 284 g/mol. The van der Waals surface area contributed by atoms with Gasteiger partial charge in [-0.3, -0.25) is 0 Å². The minimum atomic E-state index is -0.363. The molecule has 0 saturated heterocycles. The van der Waals surface area contributed by atoms with Crippen molar-refractivity contribution in [2.75, 3.05) is 10.6 Å². The predicted octanol–water partition coefficient (Wildman–Crippen LogP) is 3.61. The molecule has 22 heavy (non-hydrogen) atoms. The van der Waals surface area contributed by atoms with Gasteiger partial charge in [-0.1, -0.05) is 0 Å². The van der Waals surface area contributed by atoms with Crippen LogP contribution in [0.4, 0.5) is 16.2 Å². The minimum Gasteiger partial charge on any atom is -0.443 e. The molecule has 2 amide bonds. The number of urea groups is 1. The van der Waals surface area contributed by atoms with Crippen LogP contribution in [0.3, 0.4) is 0 Å². The molecule has 108 valence electrons. The monoisotopic (exact) mass is 294 g/mol. The number of carbonyl (C=O) groups is 1. The van der Waals surface area contributed by atoms with Crippen LogP contribution in [0, 0.1) is 0 Å². The molecule has 0 saturated carbocycles. The van der Waals surface area contributed by atoms with Gasteiger partial charge in [0.1, 0.15) is 11.0 Å². The van der Waals surface area contributed by atoms with Crippen LogP contribution >= 0.6 is 0 Å². The fraction of sp³-hybridized carbons (Fsp3) is 0. The van der Waals surface area contributed by atoms with E-state index >= 15 is 0 Å². The van der Waals surface area contributed by atoms with Crippen molar-refractivity contribution in [1.82, 2.24) is 9.97 Å². The molecule has 0 spiro atoms. The molecule has 0 aliphatic heterocycles. The molecule has 0 aliphatic carbocycles. The molecule has 0 unspecified atom stereocenters. The van der Waals surface area contributed by atoms with E-state index in [4.69, 9.17) is 8.83 Å². The molecule has 0 fully saturated rings. The van der Waals surface area contributed by atoms with E-state index in [0.29, 0.717) is 22.5 Å². The Morgan fingerprint density at radius 1 is 0.818 bits per heavy atom. The van der Waals surface area contributed by atoms with Crippen molar-refractivity contribution < 1.29 is 13.6 Å². The van der Waals surface area contributed by atoms with Gasteiger partial charge in [0.15, 0.2) is 24.0 Å². The van der Waals surface area contributed by atoms with Gasteiger partial charge in [0, 0.05) is 23.5 Å². The number of oxazole rings is 2. The third-order valence-electron chi connectivity index (χ3n) is 3.18. The van der Waals surface area contributed by atoms with Gasteiger partial charge in [-0.15, -0.1) is 0 Å². The smallest absolute Gasteiger partial charge is 0.323 e. The Bertz CT molecular complexity index is 895. The van der Waals surface area contributed by atoms with Crippen LogP contribution in [0.1, 0.15) is 0 Å². The summed E-state index contributed by atoms with van der Waals surface area (Å²) in [6.45, 7) is 0. The SMILES string of the molecule is O=C(Nc1ccc2ncoc2c1)Nc1ccc2ncoc2c1. The molecule has 0 bridgehead atoms. The van der Waals surface area contributed by atoms with Crippen LogP contribution in [-0.4, -0.2) is 16.0 Å². The molecule has 4 rings (SSSR count). The molecule has 2 aromatic heterocycles. The minimum absolute atomic E-state index is 0.363. The third-order valence-corrected chi connectivity index (χ3v) is 3.18.